The van der Waals surface area contributed by atoms with E-state index in [9.17, 15) is 4.79 Å². The van der Waals surface area contributed by atoms with Gasteiger partial charge in [-0.1, -0.05) is 29.7 Å². The van der Waals surface area contributed by atoms with Crippen LogP contribution in [0.25, 0.3) is 0 Å². The summed E-state index contributed by atoms with van der Waals surface area (Å²) in [6.07, 6.45) is 5.59. The zero-order valence-electron chi connectivity index (χ0n) is 14.6. The molecule has 0 spiro atoms. The van der Waals surface area contributed by atoms with Crippen LogP contribution in [0.2, 0.25) is 0 Å². The quantitative estimate of drug-likeness (QED) is 0.388. The number of hydrogen-bond acceptors (Lipinski definition) is 4. The molecule has 2 amide bonds. The van der Waals surface area contributed by atoms with E-state index in [0.717, 1.165) is 26.9 Å². The number of hydrogen-bond donors (Lipinski definition) is 2. The molecule has 0 fully saturated rings. The average Bonchev–Trinajstić information content (AvgIpc) is 2.59. The Labute approximate surface area is 147 Å². The third kappa shape index (κ3) is 4.10. The lowest BCUT2D eigenvalue weighted by atomic mass is 10.1. The molecule has 4 N–H and O–H groups in total. The highest BCUT2D eigenvalue weighted by molar-refractivity contribution is 5.91. The van der Waals surface area contributed by atoms with Gasteiger partial charge in [-0.15, -0.1) is 6.42 Å². The van der Waals surface area contributed by atoms with Gasteiger partial charge in [-0.3, -0.25) is 5.01 Å². The van der Waals surface area contributed by atoms with Crippen LogP contribution in [-0.2, 0) is 6.61 Å². The van der Waals surface area contributed by atoms with E-state index >= 15 is 0 Å². The number of carbonyl (C=O) groups excluding carboxylic acids is 1. The van der Waals surface area contributed by atoms with Crippen molar-refractivity contribution in [2.24, 2.45) is 11.7 Å². The minimum atomic E-state index is -0.568. The lowest BCUT2D eigenvalue weighted by Crippen LogP contribution is -2.49. The number of nitrogens with two attached hydrogens (primary N) is 2. The van der Waals surface area contributed by atoms with Gasteiger partial charge in [0.05, 0.1) is 5.69 Å². The highest BCUT2D eigenvalue weighted by Gasteiger charge is 2.19. The van der Waals surface area contributed by atoms with Crippen LogP contribution in [0.3, 0.4) is 0 Å². The van der Waals surface area contributed by atoms with Gasteiger partial charge >= 0.3 is 6.03 Å². The Morgan fingerprint density at radius 3 is 2.56 bits per heavy atom. The number of rotatable bonds is 4. The lowest BCUT2D eigenvalue weighted by molar-refractivity contribution is 0.216. The highest BCUT2D eigenvalue weighted by atomic mass is 16.5. The number of hydrazine groups is 2. The standard InChI is InChI=1S/C19H22N4O2/c1-5-15-7-6-8-17(23(21)19(24)22(4)20)16(15)12-25-18-10-9-13(2)11-14(18)3/h1,6-11H,12,20-21H2,2-4H3. The molecule has 25 heavy (non-hydrogen) atoms. The number of urea groups is 1. The first-order valence-corrected chi connectivity index (χ1v) is 7.71. The van der Waals surface area contributed by atoms with Gasteiger partial charge in [0.1, 0.15) is 12.4 Å². The predicted octanol–water partition coefficient (Wildman–Crippen LogP) is 2.47. The van der Waals surface area contributed by atoms with Crippen molar-refractivity contribution in [2.75, 3.05) is 12.1 Å². The van der Waals surface area contributed by atoms with E-state index in [-0.39, 0.29) is 6.61 Å². The number of nitrogens with zero attached hydrogens (tertiary/aromatic N) is 2. The maximum Gasteiger partial charge on any atom is 0.352 e. The normalized spacial score (nSPS) is 10.1. The summed E-state index contributed by atoms with van der Waals surface area (Å²) in [7, 11) is 1.42. The topological polar surface area (TPSA) is 84.8 Å². The minimum Gasteiger partial charge on any atom is -0.489 e. The number of aryl methyl sites for hydroxylation is 2. The zero-order valence-corrected chi connectivity index (χ0v) is 14.6. The van der Waals surface area contributed by atoms with E-state index in [1.165, 1.54) is 7.05 Å². The maximum absolute atomic E-state index is 12.1. The molecular weight excluding hydrogens is 316 g/mol. The van der Waals surface area contributed by atoms with Crippen LogP contribution < -0.4 is 21.4 Å². The molecule has 0 heterocycles. The molecular formula is C19H22N4O2. The van der Waals surface area contributed by atoms with Crippen LogP contribution in [0.5, 0.6) is 5.75 Å². The third-order valence-corrected chi connectivity index (χ3v) is 3.78. The van der Waals surface area contributed by atoms with E-state index in [2.05, 4.69) is 5.92 Å². The van der Waals surface area contributed by atoms with Crippen molar-refractivity contribution >= 4 is 11.7 Å². The molecule has 0 aromatic heterocycles. The number of anilines is 1. The molecule has 6 heteroatoms. The maximum atomic E-state index is 12.1. The first-order valence-electron chi connectivity index (χ1n) is 7.71. The third-order valence-electron chi connectivity index (χ3n) is 3.78. The molecule has 130 valence electrons. The summed E-state index contributed by atoms with van der Waals surface area (Å²) >= 11 is 0. The SMILES string of the molecule is C#Cc1cccc(N(N)C(=O)N(C)N)c1COc1ccc(C)cc1C. The van der Waals surface area contributed by atoms with Crippen LogP contribution in [0.4, 0.5) is 10.5 Å². The van der Waals surface area contributed by atoms with Gasteiger partial charge in [-0.05, 0) is 37.6 Å². The predicted molar refractivity (Wildman–Crippen MR) is 98.6 cm³/mol. The number of terminal acetylenes is 1. The van der Waals surface area contributed by atoms with Crippen molar-refractivity contribution in [1.29, 1.82) is 0 Å². The van der Waals surface area contributed by atoms with Crippen molar-refractivity contribution in [2.45, 2.75) is 20.5 Å². The lowest BCUT2D eigenvalue weighted by Gasteiger charge is -2.24. The molecule has 0 aliphatic heterocycles. The van der Waals surface area contributed by atoms with Crippen LogP contribution in [-0.4, -0.2) is 18.1 Å². The van der Waals surface area contributed by atoms with E-state index in [1.54, 1.807) is 18.2 Å². The fraction of sp³-hybridized carbons (Fsp3) is 0.211. The molecule has 0 saturated carbocycles. The molecule has 2 aromatic rings. The molecule has 0 aliphatic rings. The monoisotopic (exact) mass is 338 g/mol. The second kappa shape index (κ2) is 7.71. The molecule has 6 nitrogen and oxygen atoms in total. The van der Waals surface area contributed by atoms with Gasteiger partial charge in [-0.25, -0.2) is 21.5 Å². The van der Waals surface area contributed by atoms with Gasteiger partial charge in [0.15, 0.2) is 0 Å². The molecule has 2 rings (SSSR count). The second-order valence-corrected chi connectivity index (χ2v) is 5.77. The summed E-state index contributed by atoms with van der Waals surface area (Å²) in [4.78, 5) is 12.1. The molecule has 0 bridgehead atoms. The molecule has 2 aromatic carbocycles. The van der Waals surface area contributed by atoms with Crippen LogP contribution in [0.1, 0.15) is 22.3 Å². The Morgan fingerprint density at radius 2 is 1.96 bits per heavy atom. The summed E-state index contributed by atoms with van der Waals surface area (Å²) < 4.78 is 5.92. The van der Waals surface area contributed by atoms with E-state index in [1.807, 2.05) is 32.0 Å². The molecule has 0 aliphatic carbocycles. The minimum absolute atomic E-state index is 0.175. The molecule has 0 saturated heterocycles. The number of amides is 2. The van der Waals surface area contributed by atoms with Crippen molar-refractivity contribution in [1.82, 2.24) is 5.01 Å². The Morgan fingerprint density at radius 1 is 1.24 bits per heavy atom. The smallest absolute Gasteiger partial charge is 0.352 e. The summed E-state index contributed by atoms with van der Waals surface area (Å²) in [6, 6.07) is 10.5. The zero-order chi connectivity index (χ0) is 18.6. The van der Waals surface area contributed by atoms with Crippen LogP contribution in [0, 0.1) is 26.2 Å². The van der Waals surface area contributed by atoms with Crippen molar-refractivity contribution < 1.29 is 9.53 Å². The van der Waals surface area contributed by atoms with Crippen molar-refractivity contribution in [3.05, 3.63) is 58.7 Å². The Kier molecular flexibility index (Phi) is 5.65. The fourth-order valence-corrected chi connectivity index (χ4v) is 2.47. The van der Waals surface area contributed by atoms with Crippen molar-refractivity contribution in [3.8, 4) is 18.1 Å². The van der Waals surface area contributed by atoms with E-state index < -0.39 is 6.03 Å². The summed E-state index contributed by atoms with van der Waals surface area (Å²) in [5.41, 5.74) is 3.86. The molecule has 0 unspecified atom stereocenters. The summed E-state index contributed by atoms with van der Waals surface area (Å²) in [5.74, 6) is 14.8. The van der Waals surface area contributed by atoms with Crippen LogP contribution in [0.15, 0.2) is 36.4 Å². The number of carbonyl (C=O) groups is 1. The van der Waals surface area contributed by atoms with E-state index in [4.69, 9.17) is 22.8 Å². The Balaban J connectivity index is 2.35. The van der Waals surface area contributed by atoms with Gasteiger partial charge in [0, 0.05) is 18.2 Å². The first-order chi connectivity index (χ1) is 11.8. The second-order valence-electron chi connectivity index (χ2n) is 5.77. The van der Waals surface area contributed by atoms with Gasteiger partial charge in [0.2, 0.25) is 0 Å². The highest BCUT2D eigenvalue weighted by Crippen LogP contribution is 2.26. The van der Waals surface area contributed by atoms with E-state index in [0.29, 0.717) is 16.8 Å². The molecule has 0 radical (unpaired) electrons. The Hall–Kier alpha value is -3.01. The summed E-state index contributed by atoms with van der Waals surface area (Å²) in [6.45, 7) is 4.16. The van der Waals surface area contributed by atoms with Crippen LogP contribution >= 0.6 is 0 Å². The van der Waals surface area contributed by atoms with Gasteiger partial charge in [-0.2, -0.15) is 0 Å². The number of ether oxygens (including phenoxy) is 1. The number of benzene rings is 2. The van der Waals surface area contributed by atoms with Gasteiger partial charge < -0.3 is 4.74 Å². The first kappa shape index (κ1) is 18.3. The molecule has 0 atom stereocenters. The largest absolute Gasteiger partial charge is 0.489 e. The average molecular weight is 338 g/mol. The van der Waals surface area contributed by atoms with Gasteiger partial charge in [0.25, 0.3) is 0 Å². The summed E-state index contributed by atoms with van der Waals surface area (Å²) in [5, 5.41) is 1.86. The fourth-order valence-electron chi connectivity index (χ4n) is 2.47. The Bertz CT molecular complexity index is 825. The van der Waals surface area contributed by atoms with Crippen molar-refractivity contribution in [3.63, 3.8) is 0 Å².